The van der Waals surface area contributed by atoms with E-state index in [-0.39, 0.29) is 11.8 Å². The minimum absolute atomic E-state index is 0.0165. The van der Waals surface area contributed by atoms with Crippen molar-refractivity contribution in [2.75, 3.05) is 64.9 Å². The fourth-order valence-corrected chi connectivity index (χ4v) is 4.86. The van der Waals surface area contributed by atoms with Gasteiger partial charge in [0.25, 0.3) is 0 Å². The summed E-state index contributed by atoms with van der Waals surface area (Å²) in [5.74, 6) is 0.147. The molecule has 0 aromatic heterocycles. The second kappa shape index (κ2) is 8.40. The molecule has 2 saturated heterocycles. The second-order valence-electron chi connectivity index (χ2n) is 6.31. The number of benzene rings is 1. The Morgan fingerprint density at radius 1 is 0.917 bits per heavy atom. The van der Waals surface area contributed by atoms with Crippen LogP contribution in [0, 0.1) is 0 Å². The van der Waals surface area contributed by atoms with E-state index in [9.17, 15) is 8.42 Å². The zero-order chi connectivity index (χ0) is 16.8. The van der Waals surface area contributed by atoms with Crippen molar-refractivity contribution in [3.8, 4) is 0 Å². The van der Waals surface area contributed by atoms with Gasteiger partial charge in [-0.3, -0.25) is 9.80 Å². The van der Waals surface area contributed by atoms with E-state index in [2.05, 4.69) is 9.80 Å². The third-order valence-corrected chi connectivity index (χ3v) is 6.46. The van der Waals surface area contributed by atoms with Gasteiger partial charge in [-0.15, -0.1) is 0 Å². The molecule has 0 spiro atoms. The Morgan fingerprint density at radius 2 is 1.50 bits per heavy atom. The first-order valence-electron chi connectivity index (χ1n) is 8.55. The van der Waals surface area contributed by atoms with Crippen molar-refractivity contribution < 1.29 is 17.9 Å². The Bertz CT molecular complexity index is 596. The fraction of sp³-hybridized carbons (Fsp3) is 0.647. The highest BCUT2D eigenvalue weighted by atomic mass is 32.2. The van der Waals surface area contributed by atoms with Crippen molar-refractivity contribution in [1.82, 2.24) is 9.80 Å². The summed E-state index contributed by atoms with van der Waals surface area (Å²) in [6, 6.07) is 8.74. The number of hydrogen-bond acceptors (Lipinski definition) is 6. The van der Waals surface area contributed by atoms with Crippen LogP contribution in [0.4, 0.5) is 0 Å². The van der Waals surface area contributed by atoms with Crippen LogP contribution in [0.15, 0.2) is 35.2 Å². The smallest absolute Gasteiger partial charge is 0.179 e. The number of sulfone groups is 1. The topological polar surface area (TPSA) is 59.1 Å². The van der Waals surface area contributed by atoms with Crippen molar-refractivity contribution >= 4 is 9.84 Å². The molecule has 3 rings (SSSR count). The second-order valence-corrected chi connectivity index (χ2v) is 8.34. The van der Waals surface area contributed by atoms with Gasteiger partial charge in [0.2, 0.25) is 0 Å². The van der Waals surface area contributed by atoms with Crippen molar-refractivity contribution in [3.05, 3.63) is 30.3 Å². The van der Waals surface area contributed by atoms with Gasteiger partial charge in [-0.2, -0.15) is 0 Å². The van der Waals surface area contributed by atoms with Crippen molar-refractivity contribution in [2.24, 2.45) is 0 Å². The molecule has 134 valence electrons. The molecule has 0 saturated carbocycles. The molecule has 1 aromatic rings. The van der Waals surface area contributed by atoms with Crippen molar-refractivity contribution in [3.63, 3.8) is 0 Å². The van der Waals surface area contributed by atoms with E-state index >= 15 is 0 Å². The molecule has 2 aliphatic rings. The molecule has 2 heterocycles. The zero-order valence-corrected chi connectivity index (χ0v) is 14.8. The average Bonchev–Trinajstić information content (AvgIpc) is 2.63. The van der Waals surface area contributed by atoms with Crippen LogP contribution in [-0.4, -0.2) is 89.2 Å². The first-order valence-corrected chi connectivity index (χ1v) is 10.2. The minimum atomic E-state index is -3.30. The van der Waals surface area contributed by atoms with E-state index in [1.54, 1.807) is 24.3 Å². The largest absolute Gasteiger partial charge is 0.379 e. The predicted octanol–water partition coefficient (Wildman–Crippen LogP) is 0.493. The Kier molecular flexibility index (Phi) is 6.24. The third-order valence-electron chi connectivity index (χ3n) is 4.65. The van der Waals surface area contributed by atoms with E-state index < -0.39 is 9.84 Å². The normalized spacial score (nSPS) is 22.3. The standard InChI is InChI=1S/C17H26N2O4S/c20-24(21,17-4-2-1-3-5-17)15-16(19-8-12-23-13-9-19)14-18-6-10-22-11-7-18/h1-5,16H,6-15H2/t16-/m0/s1. The van der Waals surface area contributed by atoms with E-state index in [0.717, 1.165) is 45.9 Å². The monoisotopic (exact) mass is 354 g/mol. The van der Waals surface area contributed by atoms with Gasteiger partial charge in [0.15, 0.2) is 9.84 Å². The molecule has 0 bridgehead atoms. The molecule has 0 amide bonds. The van der Waals surface area contributed by atoms with E-state index in [0.29, 0.717) is 18.1 Å². The van der Waals surface area contributed by atoms with Gasteiger partial charge >= 0.3 is 0 Å². The maximum Gasteiger partial charge on any atom is 0.179 e. The molecule has 2 aliphatic heterocycles. The highest BCUT2D eigenvalue weighted by Crippen LogP contribution is 2.16. The molecule has 6 nitrogen and oxygen atoms in total. The summed E-state index contributed by atoms with van der Waals surface area (Å²) in [6.07, 6.45) is 0. The number of rotatable bonds is 6. The lowest BCUT2D eigenvalue weighted by molar-refractivity contribution is -0.00459. The van der Waals surface area contributed by atoms with Gasteiger partial charge in [0, 0.05) is 38.8 Å². The van der Waals surface area contributed by atoms with Crippen molar-refractivity contribution in [2.45, 2.75) is 10.9 Å². The van der Waals surface area contributed by atoms with Crippen molar-refractivity contribution in [1.29, 1.82) is 0 Å². The van der Waals surface area contributed by atoms with Crippen LogP contribution >= 0.6 is 0 Å². The van der Waals surface area contributed by atoms with Crippen LogP contribution in [0.3, 0.4) is 0 Å². The summed E-state index contributed by atoms with van der Waals surface area (Å²) in [6.45, 7) is 6.87. The first kappa shape index (κ1) is 17.8. The van der Waals surface area contributed by atoms with Gasteiger partial charge in [-0.25, -0.2) is 8.42 Å². The summed E-state index contributed by atoms with van der Waals surface area (Å²) in [5.41, 5.74) is 0. The number of morpholine rings is 2. The third kappa shape index (κ3) is 4.77. The average molecular weight is 354 g/mol. The number of nitrogens with zero attached hydrogens (tertiary/aromatic N) is 2. The van der Waals surface area contributed by atoms with Crippen LogP contribution in [0.5, 0.6) is 0 Å². The summed E-state index contributed by atoms with van der Waals surface area (Å²) in [4.78, 5) is 4.98. The summed E-state index contributed by atoms with van der Waals surface area (Å²) < 4.78 is 36.5. The predicted molar refractivity (Wildman–Crippen MR) is 91.9 cm³/mol. The highest BCUT2D eigenvalue weighted by Gasteiger charge is 2.29. The summed E-state index contributed by atoms with van der Waals surface area (Å²) in [7, 11) is -3.30. The summed E-state index contributed by atoms with van der Waals surface area (Å²) in [5, 5.41) is 0. The lowest BCUT2D eigenvalue weighted by Crippen LogP contribution is -2.53. The molecule has 1 atom stereocenters. The molecule has 0 N–H and O–H groups in total. The van der Waals surface area contributed by atoms with E-state index in [1.165, 1.54) is 0 Å². The molecule has 0 radical (unpaired) electrons. The van der Waals surface area contributed by atoms with Gasteiger partial charge < -0.3 is 9.47 Å². The van der Waals surface area contributed by atoms with Crippen LogP contribution in [-0.2, 0) is 19.3 Å². The highest BCUT2D eigenvalue weighted by molar-refractivity contribution is 7.91. The number of ether oxygens (including phenoxy) is 2. The van der Waals surface area contributed by atoms with Gasteiger partial charge in [0.1, 0.15) is 0 Å². The quantitative estimate of drug-likeness (QED) is 0.741. The molecule has 2 fully saturated rings. The Morgan fingerprint density at radius 3 is 2.12 bits per heavy atom. The molecular weight excluding hydrogens is 328 g/mol. The number of hydrogen-bond donors (Lipinski definition) is 0. The van der Waals surface area contributed by atoms with E-state index in [4.69, 9.17) is 9.47 Å². The Balaban J connectivity index is 1.73. The maximum absolute atomic E-state index is 12.8. The zero-order valence-electron chi connectivity index (χ0n) is 14.0. The molecular formula is C17H26N2O4S. The maximum atomic E-state index is 12.8. The van der Waals surface area contributed by atoms with E-state index in [1.807, 2.05) is 6.07 Å². The molecule has 0 aliphatic carbocycles. The Hall–Kier alpha value is -0.990. The van der Waals surface area contributed by atoms with Crippen LogP contribution in [0.25, 0.3) is 0 Å². The Labute approximate surface area is 144 Å². The van der Waals surface area contributed by atoms with Gasteiger partial charge in [-0.1, -0.05) is 18.2 Å². The molecule has 1 aromatic carbocycles. The lowest BCUT2D eigenvalue weighted by atomic mass is 10.2. The molecule has 0 unspecified atom stereocenters. The molecule has 24 heavy (non-hydrogen) atoms. The van der Waals surface area contributed by atoms with Crippen LogP contribution in [0.2, 0.25) is 0 Å². The van der Waals surface area contributed by atoms with Crippen LogP contribution < -0.4 is 0 Å². The lowest BCUT2D eigenvalue weighted by Gasteiger charge is -2.38. The first-order chi connectivity index (χ1) is 11.6. The van der Waals surface area contributed by atoms with Crippen LogP contribution in [0.1, 0.15) is 0 Å². The fourth-order valence-electron chi connectivity index (χ4n) is 3.28. The SMILES string of the molecule is O=S(=O)(C[C@H](CN1CCOCC1)N1CCOCC1)c1ccccc1. The minimum Gasteiger partial charge on any atom is -0.379 e. The summed E-state index contributed by atoms with van der Waals surface area (Å²) >= 11 is 0. The van der Waals surface area contributed by atoms with Gasteiger partial charge in [-0.05, 0) is 12.1 Å². The molecule has 7 heteroatoms. The van der Waals surface area contributed by atoms with Gasteiger partial charge in [0.05, 0.1) is 37.1 Å².